The first-order chi connectivity index (χ1) is 74.2. The maximum absolute atomic E-state index is 4.36. The summed E-state index contributed by atoms with van der Waals surface area (Å²) in [6, 6.07) is 220. The minimum absolute atomic E-state index is 1.19. The van der Waals surface area contributed by atoms with Gasteiger partial charge in [-0.1, -0.05) is 0 Å². The molecule has 2 heterocycles. The van der Waals surface area contributed by atoms with Gasteiger partial charge in [0.2, 0.25) is 0 Å². The average Bonchev–Trinajstić information content (AvgIpc) is 1.39. The van der Waals surface area contributed by atoms with Crippen molar-refractivity contribution in [3.05, 3.63) is 607 Å². The number of benzene rings is 20. The summed E-state index contributed by atoms with van der Waals surface area (Å²) < 4.78 is 111. The molecule has 0 aromatic heterocycles. The fourth-order valence-corrected chi connectivity index (χ4v) is 119. The van der Waals surface area contributed by atoms with Gasteiger partial charge >= 0.3 is 922 Å². The summed E-state index contributed by atoms with van der Waals surface area (Å²) >= 11 is -42.7. The third kappa shape index (κ3) is 20.8. The van der Waals surface area contributed by atoms with E-state index >= 15 is 0 Å². The number of hydrogen-bond acceptors (Lipinski definition) is 0. The van der Waals surface area contributed by atoms with E-state index in [4.69, 9.17) is 0 Å². The molecule has 0 amide bonds. The van der Waals surface area contributed by atoms with Gasteiger partial charge in [-0.15, -0.1) is 0 Å². The van der Waals surface area contributed by atoms with Crippen molar-refractivity contribution in [2.45, 2.75) is 0 Å². The third-order valence-corrected chi connectivity index (χ3v) is 111. The summed E-state index contributed by atoms with van der Waals surface area (Å²) in [4.78, 5) is 0. The summed E-state index contributed by atoms with van der Waals surface area (Å²) in [5, 5.41) is 0. The van der Waals surface area contributed by atoms with E-state index in [-0.39, 0.29) is 0 Å². The Bertz CT molecular complexity index is 6570. The molecule has 0 spiro atoms. The van der Waals surface area contributed by atoms with Crippen LogP contribution >= 0.6 is 0 Å². The van der Waals surface area contributed by atoms with Gasteiger partial charge in [0.1, 0.15) is 0 Å². The van der Waals surface area contributed by atoms with E-state index in [1.807, 2.05) is 0 Å². The van der Waals surface area contributed by atoms with Crippen molar-refractivity contribution in [1.82, 2.24) is 0 Å². The van der Waals surface area contributed by atoms with Gasteiger partial charge in [-0.05, 0) is 0 Å². The summed E-state index contributed by atoms with van der Waals surface area (Å²) in [6.07, 6.45) is 0. The molecule has 700 valence electrons. The van der Waals surface area contributed by atoms with Crippen molar-refractivity contribution < 1.29 is 0 Å². The molecule has 0 aliphatic carbocycles. The summed E-state index contributed by atoms with van der Waals surface area (Å²) in [7, 11) is 0. The zero-order chi connectivity index (χ0) is 101. The zero-order valence-electron chi connectivity index (χ0n) is 82.7. The quantitative estimate of drug-likeness (QED) is 0.0527. The molecule has 0 N–H and O–H groups in total. The van der Waals surface area contributed by atoms with Gasteiger partial charge in [-0.2, -0.15) is 0 Å². The van der Waals surface area contributed by atoms with Crippen LogP contribution in [0.1, 0.15) is 0 Å². The van der Waals surface area contributed by atoms with Crippen LogP contribution in [-0.2, 0) is 0 Å². The number of hydrogen-bond donors (Lipinski definition) is 0. The van der Waals surface area contributed by atoms with Crippen LogP contribution in [0.2, 0.25) is 0 Å². The molecule has 150 heavy (non-hydrogen) atoms. The molecular formula is C140H100Ge10. The van der Waals surface area contributed by atoms with Crippen molar-refractivity contribution in [3.63, 3.8) is 0 Å². The molecule has 0 nitrogen and oxygen atoms in total. The third-order valence-electron chi connectivity index (χ3n) is 28.5. The maximum atomic E-state index is 4.36. The van der Waals surface area contributed by atoms with E-state index in [9.17, 15) is 0 Å². The van der Waals surface area contributed by atoms with E-state index in [1.165, 1.54) is 87.9 Å². The van der Waals surface area contributed by atoms with Gasteiger partial charge in [-0.25, -0.2) is 0 Å². The molecule has 0 saturated carbocycles. The second-order valence-electron chi connectivity index (χ2n) is 37.3. The standard InChI is InChI=1S/2C70H50Ge5/c2*1-11-31-61(32-12-1)71(62-33-13-2-14-34-62)51-53-72(63-35-15-3-16-36-63,64-37-17-4-18-38-64)55-57-74(67-43-23-7-24-44-67,68-45-25-8-26-46-68)59-60-75(69-47-27-9-28-48-69,70-49-29-10-30-50-70)58-56-73(54-52-71,65-39-19-5-20-40-65)66-41-21-6-22-42-66/h2*1-50H. The van der Waals surface area contributed by atoms with Crippen LogP contribution in [0.4, 0.5) is 0 Å². The van der Waals surface area contributed by atoms with Gasteiger partial charge in [0, 0.05) is 0 Å². The van der Waals surface area contributed by atoms with Crippen molar-refractivity contribution in [2.24, 2.45) is 0 Å². The number of rotatable bonds is 20. The topological polar surface area (TPSA) is 0 Å². The monoisotopic (exact) mass is 2520 g/mol. The Balaban J connectivity index is 0.000000175. The van der Waals surface area contributed by atoms with Crippen LogP contribution in [0.5, 0.6) is 0 Å². The zero-order valence-corrected chi connectivity index (χ0v) is 104. The molecule has 2 aliphatic heterocycles. The Morgan fingerprint density at radius 3 is 0.140 bits per heavy atom. The van der Waals surface area contributed by atoms with E-state index in [0.29, 0.717) is 0 Å². The van der Waals surface area contributed by atoms with Crippen LogP contribution in [-0.4, -0.2) is 133 Å². The molecule has 10 heteroatoms. The molecule has 22 rings (SSSR count). The summed E-state index contributed by atoms with van der Waals surface area (Å²) in [5.41, 5.74) is 0. The summed E-state index contributed by atoms with van der Waals surface area (Å²) in [6.45, 7) is 0. The first-order valence-corrected chi connectivity index (χ1v) is 92.7. The summed E-state index contributed by atoms with van der Waals surface area (Å²) in [5.74, 6) is 0. The van der Waals surface area contributed by atoms with E-state index in [2.05, 4.69) is 702 Å². The van der Waals surface area contributed by atoms with Crippen LogP contribution in [0, 0.1) is 95.1 Å². The Morgan fingerprint density at radius 2 is 0.100 bits per heavy atom. The van der Waals surface area contributed by atoms with Crippen molar-refractivity contribution in [3.8, 4) is 95.1 Å². The van der Waals surface area contributed by atoms with E-state index in [1.54, 1.807) is 0 Å². The molecule has 0 bridgehead atoms. The van der Waals surface area contributed by atoms with Crippen LogP contribution in [0.15, 0.2) is 607 Å². The average molecular weight is 2510 g/mol. The van der Waals surface area contributed by atoms with Gasteiger partial charge in [-0.3, -0.25) is 0 Å². The second-order valence-corrected chi connectivity index (χ2v) is 104. The fourth-order valence-electron chi connectivity index (χ4n) is 20.5. The predicted octanol–water partition coefficient (Wildman–Crippen LogP) is 13.4. The van der Waals surface area contributed by atoms with Crippen molar-refractivity contribution in [2.75, 3.05) is 0 Å². The molecule has 20 aromatic carbocycles. The first kappa shape index (κ1) is 101. The minimum atomic E-state index is -4.27. The normalized spacial score (nSPS) is 15.2. The molecular weight excluding hydrogens is 2410 g/mol. The Hall–Kier alpha value is -14.6. The Labute approximate surface area is 911 Å². The van der Waals surface area contributed by atoms with Gasteiger partial charge < -0.3 is 0 Å². The van der Waals surface area contributed by atoms with Crippen molar-refractivity contribution in [1.29, 1.82) is 0 Å². The molecule has 20 aromatic rings. The molecule has 0 fully saturated rings. The fraction of sp³-hybridized carbons (Fsp3) is 0. The second kappa shape index (κ2) is 47.1. The molecule has 2 aliphatic rings. The van der Waals surface area contributed by atoms with Crippen LogP contribution < -0.4 is 87.9 Å². The van der Waals surface area contributed by atoms with Crippen LogP contribution in [0.3, 0.4) is 0 Å². The van der Waals surface area contributed by atoms with Gasteiger partial charge in [0.15, 0.2) is 0 Å². The Kier molecular flexibility index (Phi) is 31.8. The first-order valence-electron chi connectivity index (χ1n) is 50.7. The van der Waals surface area contributed by atoms with Gasteiger partial charge in [0.25, 0.3) is 0 Å². The van der Waals surface area contributed by atoms with E-state index in [0.717, 1.165) is 0 Å². The molecule has 0 unspecified atom stereocenters. The van der Waals surface area contributed by atoms with Crippen molar-refractivity contribution >= 4 is 221 Å². The van der Waals surface area contributed by atoms with Gasteiger partial charge in [0.05, 0.1) is 0 Å². The predicted molar refractivity (Wildman–Crippen MR) is 657 cm³/mol. The molecule has 0 saturated heterocycles. The SMILES string of the molecule is [C]1#[C][Ge]([c]2ccccc2)([c]2ccccc2)[C]#[C][Ge]([c]2ccccc2)([c]2ccccc2)[C]#[C][Ge]([c]2ccccc2)([c]2ccccc2)[C]#[C][Ge]([c]2ccccc2)([c]2ccccc2)[C]#[C][Ge]1([c]1ccccc1)[c]1ccccc1.[C]1#[C][Ge]([c]2ccccc2)([c]2ccccc2)[C]#[C][Ge]([c]2ccccc2)([c]2ccccc2)[C]#[C][Ge]([c]2ccccc2)([c]2ccccc2)[C]#[C][Ge]([c]2ccccc2)([c]2ccccc2)[C]#[C][Ge]1([c]1ccccc1)[c]1ccccc1. The molecule has 0 atom stereocenters. The molecule has 0 radical (unpaired) electrons. The Morgan fingerprint density at radius 1 is 0.0600 bits per heavy atom. The van der Waals surface area contributed by atoms with Crippen LogP contribution in [0.25, 0.3) is 0 Å². The van der Waals surface area contributed by atoms with E-state index < -0.39 is 133 Å².